The van der Waals surface area contributed by atoms with E-state index in [0.717, 1.165) is 35.7 Å². The molecule has 0 N–H and O–H groups in total. The largest absolute Gasteiger partial charge is 0.493 e. The van der Waals surface area contributed by atoms with Gasteiger partial charge in [-0.25, -0.2) is 4.98 Å². The molecule has 2 heterocycles. The number of carbonyl (C=O) groups is 1. The van der Waals surface area contributed by atoms with Gasteiger partial charge in [0.05, 0.1) is 33.4 Å². The predicted octanol–water partition coefficient (Wildman–Crippen LogP) is 4.81. The van der Waals surface area contributed by atoms with Crippen LogP contribution in [0.25, 0.3) is 10.6 Å². The molecule has 0 unspecified atom stereocenters. The Morgan fingerprint density at radius 1 is 1.13 bits per heavy atom. The van der Waals surface area contributed by atoms with Crippen molar-refractivity contribution in [3.8, 4) is 27.8 Å². The Labute approximate surface area is 188 Å². The lowest BCUT2D eigenvalue weighted by molar-refractivity contribution is -0.131. The zero-order chi connectivity index (χ0) is 22.4. The average molecular weight is 445 g/mol. The van der Waals surface area contributed by atoms with E-state index in [4.69, 9.17) is 19.2 Å². The number of amides is 1. The monoisotopic (exact) mass is 444 g/mol. The zero-order valence-electron chi connectivity index (χ0n) is 19.3. The Bertz CT molecular complexity index is 961. The molecule has 2 fully saturated rings. The van der Waals surface area contributed by atoms with Crippen molar-refractivity contribution in [2.24, 2.45) is 10.8 Å². The maximum atomic E-state index is 13.2. The van der Waals surface area contributed by atoms with E-state index in [1.54, 1.807) is 21.3 Å². The number of fused-ring (bicyclic) bond motifs is 2. The Morgan fingerprint density at radius 3 is 2.42 bits per heavy atom. The number of thiazole rings is 1. The number of ether oxygens (including phenoxy) is 3. The fourth-order valence-electron chi connectivity index (χ4n) is 5.73. The van der Waals surface area contributed by atoms with Crippen LogP contribution in [0.15, 0.2) is 17.5 Å². The SMILES string of the molecule is COc1cc(-c2nc(CC(=O)N3C[C@]4(C)C[C@H]3CC(C)(C)C4)cs2)cc(OC)c1OC. The van der Waals surface area contributed by atoms with Crippen LogP contribution in [0.2, 0.25) is 0 Å². The van der Waals surface area contributed by atoms with Gasteiger partial charge in [0, 0.05) is 23.5 Å². The molecule has 2 aromatic rings. The van der Waals surface area contributed by atoms with E-state index in [1.807, 2.05) is 17.5 Å². The van der Waals surface area contributed by atoms with Gasteiger partial charge >= 0.3 is 0 Å². The van der Waals surface area contributed by atoms with Crippen LogP contribution >= 0.6 is 11.3 Å². The van der Waals surface area contributed by atoms with Crippen LogP contribution in [0.1, 0.15) is 45.7 Å². The Balaban J connectivity index is 1.52. The molecule has 0 spiro atoms. The number of hydrogen-bond acceptors (Lipinski definition) is 6. The number of benzene rings is 1. The molecule has 2 aliphatic rings. The fraction of sp³-hybridized carbons (Fsp3) is 0.583. The van der Waals surface area contributed by atoms with Crippen LogP contribution < -0.4 is 14.2 Å². The summed E-state index contributed by atoms with van der Waals surface area (Å²) in [7, 11) is 4.78. The molecule has 1 saturated carbocycles. The molecule has 168 valence electrons. The number of nitrogens with zero attached hydrogens (tertiary/aromatic N) is 2. The summed E-state index contributed by atoms with van der Waals surface area (Å²) < 4.78 is 16.3. The maximum absolute atomic E-state index is 13.2. The van der Waals surface area contributed by atoms with Crippen molar-refractivity contribution in [3.63, 3.8) is 0 Å². The zero-order valence-corrected chi connectivity index (χ0v) is 20.1. The third-order valence-electron chi connectivity index (χ3n) is 6.53. The normalized spacial score (nSPS) is 24.2. The third kappa shape index (κ3) is 4.25. The number of methoxy groups -OCH3 is 3. The Kier molecular flexibility index (Phi) is 5.66. The lowest BCUT2D eigenvalue weighted by atomic mass is 9.65. The van der Waals surface area contributed by atoms with Crippen molar-refractivity contribution in [2.75, 3.05) is 27.9 Å². The maximum Gasteiger partial charge on any atom is 0.228 e. The molecule has 2 bridgehead atoms. The first-order valence-electron chi connectivity index (χ1n) is 10.7. The smallest absolute Gasteiger partial charge is 0.228 e. The average Bonchev–Trinajstić information content (AvgIpc) is 3.27. The first kappa shape index (κ1) is 21.9. The van der Waals surface area contributed by atoms with Crippen molar-refractivity contribution >= 4 is 17.2 Å². The molecule has 1 aliphatic heterocycles. The highest BCUT2D eigenvalue weighted by Gasteiger charge is 2.50. The van der Waals surface area contributed by atoms with Crippen LogP contribution in [-0.4, -0.2) is 49.7 Å². The first-order valence-corrected chi connectivity index (χ1v) is 11.6. The second-order valence-corrected chi connectivity index (χ2v) is 10.8. The van der Waals surface area contributed by atoms with Crippen LogP contribution in [-0.2, 0) is 11.2 Å². The molecule has 1 aliphatic carbocycles. The summed E-state index contributed by atoms with van der Waals surface area (Å²) in [5.74, 6) is 1.92. The standard InChI is InChI=1S/C24H32N2O4S/c1-23(2)10-17-11-24(3,13-23)14-26(17)20(27)9-16-12-31-22(25-16)15-7-18(28-4)21(30-6)19(8-15)29-5/h7-8,12,17H,9-11,13-14H2,1-6H3/t17-,24-/m1/s1. The Morgan fingerprint density at radius 2 is 1.81 bits per heavy atom. The van der Waals surface area contributed by atoms with Gasteiger partial charge in [-0.15, -0.1) is 11.3 Å². The summed E-state index contributed by atoms with van der Waals surface area (Å²) in [6.07, 6.45) is 3.73. The molecular weight excluding hydrogens is 412 g/mol. The second kappa shape index (κ2) is 8.01. The van der Waals surface area contributed by atoms with Crippen molar-refractivity contribution in [2.45, 2.75) is 52.5 Å². The van der Waals surface area contributed by atoms with E-state index in [1.165, 1.54) is 17.8 Å². The minimum absolute atomic E-state index is 0.188. The van der Waals surface area contributed by atoms with Gasteiger partial charge < -0.3 is 19.1 Å². The molecule has 2 atom stereocenters. The summed E-state index contributed by atoms with van der Waals surface area (Å²) >= 11 is 1.52. The lowest BCUT2D eigenvalue weighted by Crippen LogP contribution is -2.38. The van der Waals surface area contributed by atoms with E-state index < -0.39 is 0 Å². The molecule has 7 heteroatoms. The minimum atomic E-state index is 0.188. The van der Waals surface area contributed by atoms with Gasteiger partial charge in [-0.1, -0.05) is 20.8 Å². The molecule has 1 aromatic carbocycles. The molecule has 31 heavy (non-hydrogen) atoms. The Hall–Kier alpha value is -2.28. The van der Waals surface area contributed by atoms with Gasteiger partial charge in [-0.3, -0.25) is 4.79 Å². The van der Waals surface area contributed by atoms with E-state index in [9.17, 15) is 4.79 Å². The summed E-state index contributed by atoms with van der Waals surface area (Å²) in [5.41, 5.74) is 2.23. The van der Waals surface area contributed by atoms with Crippen molar-refractivity contribution in [3.05, 3.63) is 23.2 Å². The molecule has 0 radical (unpaired) electrons. The number of hydrogen-bond donors (Lipinski definition) is 0. The topological polar surface area (TPSA) is 60.9 Å². The highest BCUT2D eigenvalue weighted by molar-refractivity contribution is 7.13. The number of aromatic nitrogens is 1. The summed E-state index contributed by atoms with van der Waals surface area (Å²) in [4.78, 5) is 20.0. The number of carbonyl (C=O) groups excluding carboxylic acids is 1. The highest BCUT2D eigenvalue weighted by Crippen LogP contribution is 2.52. The lowest BCUT2D eigenvalue weighted by Gasteiger charge is -2.39. The highest BCUT2D eigenvalue weighted by atomic mass is 32.1. The molecule has 1 saturated heterocycles. The van der Waals surface area contributed by atoms with E-state index in [-0.39, 0.29) is 11.3 Å². The quantitative estimate of drug-likeness (QED) is 0.640. The minimum Gasteiger partial charge on any atom is -0.493 e. The van der Waals surface area contributed by atoms with Gasteiger partial charge in [-0.05, 0) is 42.2 Å². The van der Waals surface area contributed by atoms with Gasteiger partial charge in [0.15, 0.2) is 11.5 Å². The summed E-state index contributed by atoms with van der Waals surface area (Å²) in [6.45, 7) is 7.86. The summed E-state index contributed by atoms with van der Waals surface area (Å²) in [6, 6.07) is 4.13. The molecule has 4 rings (SSSR count). The second-order valence-electron chi connectivity index (χ2n) is 9.97. The van der Waals surface area contributed by atoms with Gasteiger partial charge in [0.1, 0.15) is 5.01 Å². The molecule has 1 aromatic heterocycles. The molecule has 1 amide bonds. The van der Waals surface area contributed by atoms with E-state index in [2.05, 4.69) is 25.7 Å². The van der Waals surface area contributed by atoms with Crippen LogP contribution in [0.3, 0.4) is 0 Å². The number of rotatable bonds is 6. The van der Waals surface area contributed by atoms with Gasteiger partial charge in [0.25, 0.3) is 0 Å². The predicted molar refractivity (Wildman–Crippen MR) is 122 cm³/mol. The molecule has 6 nitrogen and oxygen atoms in total. The molecular formula is C24H32N2O4S. The van der Waals surface area contributed by atoms with Gasteiger partial charge in [0.2, 0.25) is 11.7 Å². The number of likely N-dealkylation sites (tertiary alicyclic amines) is 1. The summed E-state index contributed by atoms with van der Waals surface area (Å²) in [5, 5.41) is 2.81. The van der Waals surface area contributed by atoms with Crippen molar-refractivity contribution in [1.82, 2.24) is 9.88 Å². The fourth-order valence-corrected chi connectivity index (χ4v) is 6.54. The first-order chi connectivity index (χ1) is 14.7. The van der Waals surface area contributed by atoms with Crippen LogP contribution in [0.4, 0.5) is 0 Å². The van der Waals surface area contributed by atoms with E-state index in [0.29, 0.717) is 35.1 Å². The van der Waals surface area contributed by atoms with Crippen molar-refractivity contribution in [1.29, 1.82) is 0 Å². The van der Waals surface area contributed by atoms with Gasteiger partial charge in [-0.2, -0.15) is 0 Å². The van der Waals surface area contributed by atoms with E-state index >= 15 is 0 Å². The van der Waals surface area contributed by atoms with Crippen LogP contribution in [0, 0.1) is 10.8 Å². The van der Waals surface area contributed by atoms with Crippen molar-refractivity contribution < 1.29 is 19.0 Å². The third-order valence-corrected chi connectivity index (χ3v) is 7.47. The van der Waals surface area contributed by atoms with Crippen LogP contribution in [0.5, 0.6) is 17.2 Å².